The summed E-state index contributed by atoms with van der Waals surface area (Å²) in [5, 5.41) is 1.68. The second kappa shape index (κ2) is 7.02. The van der Waals surface area contributed by atoms with Crippen molar-refractivity contribution in [2.24, 2.45) is 4.99 Å². The minimum atomic E-state index is -0.00421. The van der Waals surface area contributed by atoms with Crippen molar-refractivity contribution >= 4 is 16.9 Å². The number of benzene rings is 1. The summed E-state index contributed by atoms with van der Waals surface area (Å²) in [5.41, 5.74) is 3.32. The van der Waals surface area contributed by atoms with Gasteiger partial charge < -0.3 is 14.2 Å². The first-order chi connectivity index (χ1) is 13.7. The second-order valence-corrected chi connectivity index (χ2v) is 8.55. The number of rotatable bonds is 4. The van der Waals surface area contributed by atoms with Crippen LogP contribution in [-0.4, -0.2) is 38.5 Å². The van der Waals surface area contributed by atoms with Gasteiger partial charge in [-0.15, -0.1) is 0 Å². The number of fused-ring (bicyclic) bond motifs is 1. The molecule has 3 aromatic rings. The molecule has 2 aromatic heterocycles. The van der Waals surface area contributed by atoms with Crippen molar-refractivity contribution in [2.75, 3.05) is 13.7 Å². The lowest BCUT2D eigenvalue weighted by Crippen LogP contribution is -2.30. The zero-order valence-electron chi connectivity index (χ0n) is 15.9. The molecule has 3 atom stereocenters. The van der Waals surface area contributed by atoms with Crippen molar-refractivity contribution in [2.45, 2.75) is 24.3 Å². The fraction of sp³-hybridized carbons (Fsp3) is 0.273. The van der Waals surface area contributed by atoms with E-state index in [9.17, 15) is 0 Å². The number of thioether (sulfide) groups is 1. The molecule has 0 unspecified atom stereocenters. The van der Waals surface area contributed by atoms with Crippen LogP contribution in [0.2, 0.25) is 0 Å². The Labute approximate surface area is 169 Å². The van der Waals surface area contributed by atoms with Crippen LogP contribution >= 0.6 is 11.8 Å². The summed E-state index contributed by atoms with van der Waals surface area (Å²) in [6.07, 6.45) is 3.97. The van der Waals surface area contributed by atoms with Gasteiger partial charge >= 0.3 is 0 Å². The zero-order chi connectivity index (χ0) is 19.1. The van der Waals surface area contributed by atoms with Gasteiger partial charge in [0, 0.05) is 41.6 Å². The number of pyridine rings is 1. The molecule has 2 aliphatic heterocycles. The molecule has 0 radical (unpaired) electrons. The molecule has 1 aromatic carbocycles. The van der Waals surface area contributed by atoms with E-state index in [0.717, 1.165) is 28.8 Å². The van der Waals surface area contributed by atoms with Crippen molar-refractivity contribution < 1.29 is 4.74 Å². The van der Waals surface area contributed by atoms with E-state index in [1.807, 2.05) is 42.2 Å². The van der Waals surface area contributed by atoms with Crippen molar-refractivity contribution in [1.29, 1.82) is 0 Å². The lowest BCUT2D eigenvalue weighted by Gasteiger charge is -2.28. The third-order valence-electron chi connectivity index (χ3n) is 5.30. The lowest BCUT2D eigenvalue weighted by molar-refractivity contribution is 0.312. The zero-order valence-corrected chi connectivity index (χ0v) is 16.7. The standard InChI is InChI=1S/C22H22N4OS/c1-15-14-26-21(20(24-22(26)28-15)18-9-3-4-11-23-18)19-10-6-12-25(19)16-7-5-8-17(13-16)27-2/h3-13,15,20-21H,14H2,1-2H3/t15-,20-,21+/m0/s1. The molecule has 0 saturated carbocycles. The van der Waals surface area contributed by atoms with Crippen molar-refractivity contribution in [3.8, 4) is 11.4 Å². The normalized spacial score (nSPS) is 23.6. The smallest absolute Gasteiger partial charge is 0.160 e. The topological polar surface area (TPSA) is 42.6 Å². The summed E-state index contributed by atoms with van der Waals surface area (Å²) < 4.78 is 7.68. The molecule has 1 saturated heterocycles. The predicted molar refractivity (Wildman–Crippen MR) is 113 cm³/mol. The Balaban J connectivity index is 1.60. The largest absolute Gasteiger partial charge is 0.497 e. The van der Waals surface area contributed by atoms with Gasteiger partial charge in [0.15, 0.2) is 5.17 Å². The molecule has 1 fully saturated rings. The van der Waals surface area contributed by atoms with Gasteiger partial charge in [0.05, 0.1) is 18.8 Å². The number of aliphatic imine (C=N–C) groups is 1. The number of aromatic nitrogens is 2. The molecule has 5 nitrogen and oxygen atoms in total. The average molecular weight is 391 g/mol. The first-order valence-corrected chi connectivity index (χ1v) is 10.4. The molecule has 4 heterocycles. The molecule has 0 amide bonds. The first-order valence-electron chi connectivity index (χ1n) is 9.48. The van der Waals surface area contributed by atoms with Gasteiger partial charge in [0.25, 0.3) is 0 Å². The van der Waals surface area contributed by atoms with E-state index in [-0.39, 0.29) is 12.1 Å². The third-order valence-corrected chi connectivity index (χ3v) is 6.40. The molecule has 0 spiro atoms. The van der Waals surface area contributed by atoms with Crippen LogP contribution < -0.4 is 4.74 Å². The molecule has 2 aliphatic rings. The summed E-state index contributed by atoms with van der Waals surface area (Å²) in [6.45, 7) is 3.26. The maximum absolute atomic E-state index is 5.43. The van der Waals surface area contributed by atoms with Gasteiger partial charge in [-0.3, -0.25) is 9.98 Å². The third kappa shape index (κ3) is 2.88. The molecule has 142 valence electrons. The van der Waals surface area contributed by atoms with E-state index in [1.165, 1.54) is 5.69 Å². The number of nitrogens with zero attached hydrogens (tertiary/aromatic N) is 4. The number of amidine groups is 1. The second-order valence-electron chi connectivity index (χ2n) is 7.14. The highest BCUT2D eigenvalue weighted by Gasteiger charge is 2.44. The lowest BCUT2D eigenvalue weighted by atomic mass is 10.0. The monoisotopic (exact) mass is 390 g/mol. The number of methoxy groups -OCH3 is 1. The molecule has 0 aliphatic carbocycles. The fourth-order valence-corrected chi connectivity index (χ4v) is 5.16. The summed E-state index contributed by atoms with van der Waals surface area (Å²) >= 11 is 1.86. The Bertz CT molecular complexity index is 1020. The quantitative estimate of drug-likeness (QED) is 0.659. The molecular weight excluding hydrogens is 368 g/mol. The maximum atomic E-state index is 5.43. The summed E-state index contributed by atoms with van der Waals surface area (Å²) in [5.74, 6) is 0.854. The predicted octanol–water partition coefficient (Wildman–Crippen LogP) is 4.47. The first kappa shape index (κ1) is 17.4. The van der Waals surface area contributed by atoms with Crippen LogP contribution in [0.15, 0.2) is 72.0 Å². The molecule has 28 heavy (non-hydrogen) atoms. The summed E-state index contributed by atoms with van der Waals surface area (Å²) in [7, 11) is 1.70. The van der Waals surface area contributed by atoms with E-state index >= 15 is 0 Å². The van der Waals surface area contributed by atoms with Gasteiger partial charge in [-0.05, 0) is 36.4 Å². The van der Waals surface area contributed by atoms with Gasteiger partial charge in [0.1, 0.15) is 11.8 Å². The van der Waals surface area contributed by atoms with E-state index in [2.05, 4.69) is 57.9 Å². The van der Waals surface area contributed by atoms with E-state index in [1.54, 1.807) is 7.11 Å². The number of ether oxygens (including phenoxy) is 1. The minimum Gasteiger partial charge on any atom is -0.497 e. The maximum Gasteiger partial charge on any atom is 0.160 e. The average Bonchev–Trinajstić information content (AvgIpc) is 3.42. The van der Waals surface area contributed by atoms with Gasteiger partial charge in [0.2, 0.25) is 0 Å². The fourth-order valence-electron chi connectivity index (χ4n) is 4.07. The van der Waals surface area contributed by atoms with Gasteiger partial charge in [-0.2, -0.15) is 0 Å². The van der Waals surface area contributed by atoms with Gasteiger partial charge in [-0.25, -0.2) is 0 Å². The highest BCUT2D eigenvalue weighted by atomic mass is 32.2. The van der Waals surface area contributed by atoms with Crippen LogP contribution in [-0.2, 0) is 0 Å². The Morgan fingerprint density at radius 3 is 2.86 bits per heavy atom. The summed E-state index contributed by atoms with van der Waals surface area (Å²) in [6, 6.07) is 18.7. The van der Waals surface area contributed by atoms with Crippen LogP contribution in [0, 0.1) is 0 Å². The van der Waals surface area contributed by atoms with E-state index < -0.39 is 0 Å². The Kier molecular flexibility index (Phi) is 4.36. The van der Waals surface area contributed by atoms with Crippen LogP contribution in [0.25, 0.3) is 5.69 Å². The molecule has 6 heteroatoms. The van der Waals surface area contributed by atoms with Crippen molar-refractivity contribution in [3.05, 3.63) is 78.4 Å². The number of hydrogen-bond donors (Lipinski definition) is 0. The Morgan fingerprint density at radius 2 is 2.04 bits per heavy atom. The van der Waals surface area contributed by atoms with Gasteiger partial charge in [-0.1, -0.05) is 30.8 Å². The Morgan fingerprint density at radius 1 is 1.11 bits per heavy atom. The van der Waals surface area contributed by atoms with Crippen molar-refractivity contribution in [1.82, 2.24) is 14.5 Å². The minimum absolute atomic E-state index is 0.00421. The van der Waals surface area contributed by atoms with Crippen LogP contribution in [0.4, 0.5) is 0 Å². The van der Waals surface area contributed by atoms with Crippen LogP contribution in [0.3, 0.4) is 0 Å². The summed E-state index contributed by atoms with van der Waals surface area (Å²) in [4.78, 5) is 12.2. The SMILES string of the molecule is COc1cccc(-n2cccc2[C@@H]2[C@H](c3ccccn3)N=C3S[C@@H](C)CN32)c1. The highest BCUT2D eigenvalue weighted by Crippen LogP contribution is 2.47. The van der Waals surface area contributed by atoms with Crippen molar-refractivity contribution in [3.63, 3.8) is 0 Å². The van der Waals surface area contributed by atoms with Crippen LogP contribution in [0.1, 0.15) is 30.4 Å². The van der Waals surface area contributed by atoms with Crippen LogP contribution in [0.5, 0.6) is 5.75 Å². The Hall–Kier alpha value is -2.73. The van der Waals surface area contributed by atoms with E-state index in [4.69, 9.17) is 9.73 Å². The molecule has 0 N–H and O–H groups in total. The molecular formula is C22H22N4OS. The van der Waals surface area contributed by atoms with E-state index in [0.29, 0.717) is 5.25 Å². The molecule has 0 bridgehead atoms. The number of hydrogen-bond acceptors (Lipinski definition) is 5. The highest BCUT2D eigenvalue weighted by molar-refractivity contribution is 8.14. The molecule has 5 rings (SSSR count).